The largest absolute Gasteiger partial charge is 0.451 e. The van der Waals surface area contributed by atoms with Crippen molar-refractivity contribution in [3.8, 4) is 11.3 Å². The molecule has 4 rings (SSSR count). The maximum absolute atomic E-state index is 12.4. The second-order valence-corrected chi connectivity index (χ2v) is 7.20. The Morgan fingerprint density at radius 2 is 1.86 bits per heavy atom. The predicted octanol–water partition coefficient (Wildman–Crippen LogP) is 4.88. The molecule has 0 aliphatic heterocycles. The first-order valence-electron chi connectivity index (χ1n) is 9.13. The summed E-state index contributed by atoms with van der Waals surface area (Å²) in [6.45, 7) is 0.327. The van der Waals surface area contributed by atoms with Crippen LogP contribution in [0.4, 0.5) is 5.69 Å². The van der Waals surface area contributed by atoms with Gasteiger partial charge in [0, 0.05) is 23.7 Å². The van der Waals surface area contributed by atoms with E-state index in [1.807, 2.05) is 42.5 Å². The first-order chi connectivity index (χ1) is 13.6. The SMILES string of the molecule is O=C(NCc1cccc(NC(=O)C2CC2)c1)c1ccc(-c2ccccc2Cl)o1. The Hall–Kier alpha value is -3.05. The molecule has 0 bridgehead atoms. The van der Waals surface area contributed by atoms with E-state index in [2.05, 4.69) is 10.6 Å². The first kappa shape index (κ1) is 18.3. The van der Waals surface area contributed by atoms with Crippen LogP contribution >= 0.6 is 11.6 Å². The van der Waals surface area contributed by atoms with Crippen molar-refractivity contribution in [3.05, 3.63) is 77.0 Å². The zero-order valence-electron chi connectivity index (χ0n) is 15.1. The molecule has 142 valence electrons. The normalized spacial score (nSPS) is 13.2. The van der Waals surface area contributed by atoms with Gasteiger partial charge in [-0.05, 0) is 54.8 Å². The number of benzene rings is 2. The van der Waals surface area contributed by atoms with Crippen LogP contribution in [0.2, 0.25) is 5.02 Å². The van der Waals surface area contributed by atoms with Crippen molar-refractivity contribution in [2.24, 2.45) is 5.92 Å². The zero-order valence-corrected chi connectivity index (χ0v) is 15.8. The minimum atomic E-state index is -0.314. The van der Waals surface area contributed by atoms with Gasteiger partial charge in [0.2, 0.25) is 5.91 Å². The van der Waals surface area contributed by atoms with Crippen molar-refractivity contribution in [1.29, 1.82) is 0 Å². The average Bonchev–Trinajstić information content (AvgIpc) is 3.44. The lowest BCUT2D eigenvalue weighted by Crippen LogP contribution is -2.22. The molecule has 1 fully saturated rings. The summed E-state index contributed by atoms with van der Waals surface area (Å²) in [6.07, 6.45) is 1.92. The third kappa shape index (κ3) is 4.26. The van der Waals surface area contributed by atoms with E-state index in [1.165, 1.54) is 0 Å². The summed E-state index contributed by atoms with van der Waals surface area (Å²) in [4.78, 5) is 24.3. The van der Waals surface area contributed by atoms with E-state index < -0.39 is 0 Å². The molecule has 1 aliphatic carbocycles. The quantitative estimate of drug-likeness (QED) is 0.626. The Kier molecular flexibility index (Phi) is 5.17. The van der Waals surface area contributed by atoms with Crippen LogP contribution in [-0.4, -0.2) is 11.8 Å². The highest BCUT2D eigenvalue weighted by Crippen LogP contribution is 2.30. The van der Waals surface area contributed by atoms with Gasteiger partial charge < -0.3 is 15.1 Å². The third-order valence-corrected chi connectivity index (χ3v) is 4.89. The molecule has 1 aromatic heterocycles. The highest BCUT2D eigenvalue weighted by Gasteiger charge is 2.29. The van der Waals surface area contributed by atoms with Crippen molar-refractivity contribution < 1.29 is 14.0 Å². The number of furan rings is 1. The molecule has 0 atom stereocenters. The molecule has 3 aromatic rings. The van der Waals surface area contributed by atoms with E-state index in [4.69, 9.17) is 16.0 Å². The van der Waals surface area contributed by atoms with Crippen LogP contribution in [0.25, 0.3) is 11.3 Å². The van der Waals surface area contributed by atoms with E-state index >= 15 is 0 Å². The molecule has 1 aliphatic rings. The van der Waals surface area contributed by atoms with Crippen molar-refractivity contribution in [2.45, 2.75) is 19.4 Å². The van der Waals surface area contributed by atoms with Crippen molar-refractivity contribution in [3.63, 3.8) is 0 Å². The van der Waals surface area contributed by atoms with E-state index in [0.29, 0.717) is 17.3 Å². The number of carbonyl (C=O) groups excluding carboxylic acids is 2. The predicted molar refractivity (Wildman–Crippen MR) is 108 cm³/mol. The van der Waals surface area contributed by atoms with Crippen LogP contribution in [0.1, 0.15) is 29.0 Å². The van der Waals surface area contributed by atoms with Gasteiger partial charge in [0.1, 0.15) is 5.76 Å². The van der Waals surface area contributed by atoms with Gasteiger partial charge in [-0.3, -0.25) is 9.59 Å². The smallest absolute Gasteiger partial charge is 0.287 e. The van der Waals surface area contributed by atoms with Crippen LogP contribution < -0.4 is 10.6 Å². The summed E-state index contributed by atoms with van der Waals surface area (Å²) in [5, 5.41) is 6.30. The van der Waals surface area contributed by atoms with Gasteiger partial charge in [-0.1, -0.05) is 35.9 Å². The topological polar surface area (TPSA) is 71.3 Å². The first-order valence-corrected chi connectivity index (χ1v) is 9.51. The summed E-state index contributed by atoms with van der Waals surface area (Å²) in [7, 11) is 0. The summed E-state index contributed by atoms with van der Waals surface area (Å²) in [6, 6.07) is 18.1. The van der Waals surface area contributed by atoms with Crippen LogP contribution in [-0.2, 0) is 11.3 Å². The Morgan fingerprint density at radius 1 is 1.04 bits per heavy atom. The summed E-state index contributed by atoms with van der Waals surface area (Å²) >= 11 is 6.17. The van der Waals surface area contributed by atoms with Gasteiger partial charge in [-0.25, -0.2) is 0 Å². The maximum atomic E-state index is 12.4. The Balaban J connectivity index is 1.38. The van der Waals surface area contributed by atoms with Gasteiger partial charge in [-0.2, -0.15) is 0 Å². The number of halogens is 1. The highest BCUT2D eigenvalue weighted by atomic mass is 35.5. The molecule has 2 aromatic carbocycles. The van der Waals surface area contributed by atoms with Gasteiger partial charge in [0.05, 0.1) is 5.02 Å². The fourth-order valence-corrected chi connectivity index (χ4v) is 3.11. The van der Waals surface area contributed by atoms with Gasteiger partial charge in [0.15, 0.2) is 5.76 Å². The van der Waals surface area contributed by atoms with Crippen molar-refractivity contribution in [2.75, 3.05) is 5.32 Å². The van der Waals surface area contributed by atoms with Crippen LogP contribution in [0.3, 0.4) is 0 Å². The highest BCUT2D eigenvalue weighted by molar-refractivity contribution is 6.33. The fourth-order valence-electron chi connectivity index (χ4n) is 2.88. The van der Waals surface area contributed by atoms with Crippen LogP contribution in [0.15, 0.2) is 65.1 Å². The number of anilines is 1. The average molecular weight is 395 g/mol. The lowest BCUT2D eigenvalue weighted by Gasteiger charge is -2.08. The molecule has 2 N–H and O–H groups in total. The number of amides is 2. The molecule has 1 heterocycles. The Labute approximate surface area is 167 Å². The molecule has 0 radical (unpaired) electrons. The fraction of sp³-hybridized carbons (Fsp3) is 0.182. The van der Waals surface area contributed by atoms with E-state index in [0.717, 1.165) is 29.7 Å². The van der Waals surface area contributed by atoms with Crippen LogP contribution in [0, 0.1) is 5.92 Å². The molecule has 5 nitrogen and oxygen atoms in total. The van der Waals surface area contributed by atoms with Gasteiger partial charge in [-0.15, -0.1) is 0 Å². The summed E-state index contributed by atoms with van der Waals surface area (Å²) in [5.41, 5.74) is 2.37. The molecule has 0 spiro atoms. The second kappa shape index (κ2) is 7.90. The van der Waals surface area contributed by atoms with Gasteiger partial charge in [0.25, 0.3) is 5.91 Å². The Morgan fingerprint density at radius 3 is 2.64 bits per heavy atom. The number of carbonyl (C=O) groups is 2. The molecular weight excluding hydrogens is 376 g/mol. The van der Waals surface area contributed by atoms with Crippen molar-refractivity contribution >= 4 is 29.1 Å². The molecule has 28 heavy (non-hydrogen) atoms. The lowest BCUT2D eigenvalue weighted by atomic mass is 10.2. The summed E-state index contributed by atoms with van der Waals surface area (Å²) in [5.74, 6) is 0.651. The standard InChI is InChI=1S/C22H19ClN2O3/c23-18-7-2-1-6-17(18)19-10-11-20(28-19)22(27)24-13-14-4-3-5-16(12-14)25-21(26)15-8-9-15/h1-7,10-12,15H,8-9,13H2,(H,24,27)(H,25,26). The molecular formula is C22H19ClN2O3. The molecule has 1 saturated carbocycles. The lowest BCUT2D eigenvalue weighted by molar-refractivity contribution is -0.117. The monoisotopic (exact) mass is 394 g/mol. The molecule has 0 unspecified atom stereocenters. The molecule has 0 saturated heterocycles. The number of nitrogens with one attached hydrogen (secondary N) is 2. The van der Waals surface area contributed by atoms with E-state index in [1.54, 1.807) is 18.2 Å². The van der Waals surface area contributed by atoms with Crippen LogP contribution in [0.5, 0.6) is 0 Å². The minimum absolute atomic E-state index is 0.0591. The molecule has 6 heteroatoms. The Bertz CT molecular complexity index is 1020. The second-order valence-electron chi connectivity index (χ2n) is 6.79. The third-order valence-electron chi connectivity index (χ3n) is 4.56. The van der Waals surface area contributed by atoms with E-state index in [-0.39, 0.29) is 23.5 Å². The minimum Gasteiger partial charge on any atom is -0.451 e. The number of rotatable bonds is 6. The maximum Gasteiger partial charge on any atom is 0.287 e. The van der Waals surface area contributed by atoms with Crippen molar-refractivity contribution in [1.82, 2.24) is 5.32 Å². The van der Waals surface area contributed by atoms with Gasteiger partial charge >= 0.3 is 0 Å². The zero-order chi connectivity index (χ0) is 19.5. The number of hydrogen-bond donors (Lipinski definition) is 2. The molecule has 2 amide bonds. The summed E-state index contributed by atoms with van der Waals surface area (Å²) < 4.78 is 5.66. The number of hydrogen-bond acceptors (Lipinski definition) is 3. The van der Waals surface area contributed by atoms with E-state index in [9.17, 15) is 9.59 Å².